The third-order valence-electron chi connectivity index (χ3n) is 10.3. The lowest BCUT2D eigenvalue weighted by molar-refractivity contribution is -0.00534. The van der Waals surface area contributed by atoms with E-state index in [2.05, 4.69) is 98.1 Å². The normalized spacial score (nSPS) is 18.4. The molecule has 49 heavy (non-hydrogen) atoms. The number of anilines is 1. The van der Waals surface area contributed by atoms with Gasteiger partial charge in [0.25, 0.3) is 0 Å². The van der Waals surface area contributed by atoms with Gasteiger partial charge in [-0.3, -0.25) is 0 Å². The summed E-state index contributed by atoms with van der Waals surface area (Å²) in [5, 5.41) is 0. The van der Waals surface area contributed by atoms with Crippen molar-refractivity contribution in [1.29, 1.82) is 0 Å². The second-order valence-electron chi connectivity index (χ2n) is 15.4. The van der Waals surface area contributed by atoms with Gasteiger partial charge in [-0.25, -0.2) is 0 Å². The molecule has 2 aliphatic heterocycles. The van der Waals surface area contributed by atoms with E-state index in [1.807, 2.05) is 0 Å². The van der Waals surface area contributed by atoms with Crippen LogP contribution in [0, 0.1) is 0 Å². The highest BCUT2D eigenvalue weighted by atomic mass is 16.5. The highest BCUT2D eigenvalue weighted by Gasteiger charge is 2.33. The van der Waals surface area contributed by atoms with Crippen LogP contribution in [0.1, 0.15) is 103 Å². The summed E-state index contributed by atoms with van der Waals surface area (Å²) in [5.74, 6) is 4.35. The van der Waals surface area contributed by atoms with E-state index in [0.717, 1.165) is 81.6 Å². The quantitative estimate of drug-likeness (QED) is 0.147. The Morgan fingerprint density at radius 2 is 1.69 bits per heavy atom. The van der Waals surface area contributed by atoms with Gasteiger partial charge in [0.15, 0.2) is 17.4 Å². The number of likely N-dealkylation sites (tertiary alicyclic amines) is 1. The van der Waals surface area contributed by atoms with E-state index in [4.69, 9.17) is 18.9 Å². The van der Waals surface area contributed by atoms with Gasteiger partial charge in [-0.2, -0.15) is 0 Å². The van der Waals surface area contributed by atoms with Crippen molar-refractivity contribution in [3.8, 4) is 17.2 Å². The van der Waals surface area contributed by atoms with E-state index in [9.17, 15) is 0 Å². The fourth-order valence-corrected chi connectivity index (χ4v) is 7.37. The first-order valence-electron chi connectivity index (χ1n) is 18.7. The summed E-state index contributed by atoms with van der Waals surface area (Å²) in [6.07, 6.45) is 15.2. The Bertz CT molecular complexity index is 1520. The molecule has 0 radical (unpaired) electrons. The van der Waals surface area contributed by atoms with Gasteiger partial charge in [0, 0.05) is 56.7 Å². The Kier molecular flexibility index (Phi) is 11.1. The smallest absolute Gasteiger partial charge is 0.188 e. The zero-order chi connectivity index (χ0) is 34.5. The van der Waals surface area contributed by atoms with E-state index in [-0.39, 0.29) is 5.60 Å². The monoisotopic (exact) mass is 669 g/mol. The highest BCUT2D eigenvalue weighted by Crippen LogP contribution is 2.46. The van der Waals surface area contributed by atoms with Crippen molar-refractivity contribution >= 4 is 11.3 Å². The summed E-state index contributed by atoms with van der Waals surface area (Å²) in [7, 11) is 5.70. The van der Waals surface area contributed by atoms with Crippen LogP contribution in [0.2, 0.25) is 0 Å². The minimum atomic E-state index is -0.190. The summed E-state index contributed by atoms with van der Waals surface area (Å²) < 4.78 is 24.3. The lowest BCUT2D eigenvalue weighted by Crippen LogP contribution is -2.46. The molecule has 7 heteroatoms. The Balaban J connectivity index is 1.26. The van der Waals surface area contributed by atoms with Crippen molar-refractivity contribution in [2.75, 3.05) is 59.0 Å². The predicted octanol–water partition coefficient (Wildman–Crippen LogP) is 9.15. The number of ether oxygens (including phenoxy) is 4. The summed E-state index contributed by atoms with van der Waals surface area (Å²) in [5.41, 5.74) is 7.67. The lowest BCUT2D eigenvalue weighted by Gasteiger charge is -2.42. The number of allylic oxidation sites excluding steroid dienone is 1. The number of hydrogen-bond acceptors (Lipinski definition) is 7. The zero-order valence-corrected chi connectivity index (χ0v) is 31.1. The van der Waals surface area contributed by atoms with Crippen LogP contribution in [0.4, 0.5) is 5.69 Å². The molecule has 0 amide bonds. The molecule has 2 saturated carbocycles. The topological polar surface area (TPSA) is 46.6 Å². The summed E-state index contributed by atoms with van der Waals surface area (Å²) in [6, 6.07) is 13.8. The van der Waals surface area contributed by atoms with Crippen LogP contribution in [0.25, 0.3) is 5.57 Å². The minimum absolute atomic E-state index is 0.190. The maximum atomic E-state index is 6.53. The molecule has 2 aliphatic carbocycles. The van der Waals surface area contributed by atoms with Gasteiger partial charge in [-0.1, -0.05) is 25.8 Å². The molecule has 6 rings (SSSR count). The van der Waals surface area contributed by atoms with Gasteiger partial charge in [0.1, 0.15) is 11.4 Å². The van der Waals surface area contributed by atoms with Crippen LogP contribution < -0.4 is 19.1 Å². The van der Waals surface area contributed by atoms with Gasteiger partial charge in [0.05, 0.1) is 20.8 Å². The van der Waals surface area contributed by atoms with Crippen molar-refractivity contribution in [2.45, 2.75) is 103 Å². The van der Waals surface area contributed by atoms with Gasteiger partial charge < -0.3 is 33.6 Å². The molecule has 4 aliphatic rings. The lowest BCUT2D eigenvalue weighted by atomic mass is 9.78. The maximum absolute atomic E-state index is 6.53. The molecule has 3 fully saturated rings. The molecule has 2 aromatic rings. The Hall–Kier alpha value is -3.74. The van der Waals surface area contributed by atoms with Gasteiger partial charge in [-0.15, -0.1) is 0 Å². The van der Waals surface area contributed by atoms with E-state index in [0.29, 0.717) is 12.0 Å². The first-order valence-corrected chi connectivity index (χ1v) is 18.7. The van der Waals surface area contributed by atoms with Crippen molar-refractivity contribution in [3.63, 3.8) is 0 Å². The van der Waals surface area contributed by atoms with Crippen molar-refractivity contribution < 1.29 is 18.9 Å². The number of nitrogens with zero attached hydrogens (tertiary/aromatic N) is 3. The molecular weight excluding hydrogens is 610 g/mol. The molecular formula is C42H59N3O4. The fourth-order valence-electron chi connectivity index (χ4n) is 7.37. The average Bonchev–Trinajstić information content (AvgIpc) is 3.91. The predicted molar refractivity (Wildman–Crippen MR) is 201 cm³/mol. The standard InChI is InChI=1S/C42H59N3O4/c1-8-9-23-48-37-17-15-35(16-18-37)45(36-19-21-44(22-20-36)41(32-13-14-32)49-42(2,3)4)28-30-24-34(29-43(5)27-30)33-25-38(31-11-10-12-31)40(47-7)39(26-33)46-6/h15-18,24-27,31,36H,8-14,19-23,28-29H2,1-7H3. The van der Waals surface area contributed by atoms with Crippen LogP contribution in [0.5, 0.6) is 17.2 Å². The van der Waals surface area contributed by atoms with Crippen LogP contribution in [-0.2, 0) is 4.74 Å². The van der Waals surface area contributed by atoms with E-state index in [1.165, 1.54) is 65.6 Å². The van der Waals surface area contributed by atoms with Crippen LogP contribution in [0.15, 0.2) is 65.7 Å². The number of methoxy groups -OCH3 is 2. The molecule has 7 nitrogen and oxygen atoms in total. The summed E-state index contributed by atoms with van der Waals surface area (Å²) in [6.45, 7) is 13.1. The van der Waals surface area contributed by atoms with Gasteiger partial charge >= 0.3 is 0 Å². The average molecular weight is 670 g/mol. The summed E-state index contributed by atoms with van der Waals surface area (Å²) in [4.78, 5) is 7.47. The van der Waals surface area contributed by atoms with Gasteiger partial charge in [0.2, 0.25) is 0 Å². The maximum Gasteiger partial charge on any atom is 0.188 e. The molecule has 2 aromatic carbocycles. The van der Waals surface area contributed by atoms with Crippen LogP contribution in [-0.4, -0.2) is 75.5 Å². The molecule has 2 heterocycles. The Morgan fingerprint density at radius 3 is 2.29 bits per heavy atom. The molecule has 0 bridgehead atoms. The number of unbranched alkanes of at least 4 members (excludes halogenated alkanes) is 1. The van der Waals surface area contributed by atoms with Crippen molar-refractivity contribution in [3.05, 3.63) is 76.8 Å². The second-order valence-corrected chi connectivity index (χ2v) is 15.4. The molecule has 0 N–H and O–H groups in total. The second kappa shape index (κ2) is 15.4. The molecule has 0 aromatic heterocycles. The van der Waals surface area contributed by atoms with E-state index < -0.39 is 0 Å². The fraction of sp³-hybridized carbons (Fsp3) is 0.571. The molecule has 266 valence electrons. The Morgan fingerprint density at radius 1 is 0.959 bits per heavy atom. The minimum Gasteiger partial charge on any atom is -0.494 e. The molecule has 1 saturated heterocycles. The number of rotatable bonds is 14. The van der Waals surface area contributed by atoms with Crippen molar-refractivity contribution in [2.24, 2.45) is 0 Å². The zero-order valence-electron chi connectivity index (χ0n) is 31.1. The molecule has 0 spiro atoms. The largest absolute Gasteiger partial charge is 0.494 e. The summed E-state index contributed by atoms with van der Waals surface area (Å²) >= 11 is 0. The third-order valence-corrected chi connectivity index (χ3v) is 10.3. The third kappa shape index (κ3) is 8.71. The van der Waals surface area contributed by atoms with Gasteiger partial charge in [-0.05, 0) is 130 Å². The van der Waals surface area contributed by atoms with E-state index >= 15 is 0 Å². The number of piperidine rings is 1. The van der Waals surface area contributed by atoms with Crippen LogP contribution in [0.3, 0.4) is 0 Å². The first kappa shape index (κ1) is 35.1. The number of likely N-dealkylation sites (N-methyl/N-ethyl adjacent to an activating group) is 1. The van der Waals surface area contributed by atoms with Crippen molar-refractivity contribution in [1.82, 2.24) is 9.80 Å². The molecule has 0 unspecified atom stereocenters. The first-order chi connectivity index (χ1) is 23.6. The van der Waals surface area contributed by atoms with Crippen LogP contribution >= 0.6 is 0 Å². The molecule has 0 atom stereocenters. The Labute approximate surface area is 295 Å². The highest BCUT2D eigenvalue weighted by molar-refractivity contribution is 5.74. The number of hydrogen-bond donors (Lipinski definition) is 0. The SMILES string of the molecule is CCCCOc1ccc(N(CC2=CN(C)CC(c3cc(OC)c(OC)c(C4CCC4)c3)=C2)C2CCN(C(OC(C)(C)C)=C3CC3)CC2)cc1. The number of benzene rings is 2. The van der Waals surface area contributed by atoms with E-state index in [1.54, 1.807) is 14.2 Å².